The van der Waals surface area contributed by atoms with Gasteiger partial charge in [0.15, 0.2) is 6.79 Å². The van der Waals surface area contributed by atoms with E-state index in [-0.39, 0.29) is 19.0 Å². The minimum Gasteiger partial charge on any atom is -0.467 e. The molecule has 0 spiro atoms. The summed E-state index contributed by atoms with van der Waals surface area (Å²) in [7, 11) is 0. The van der Waals surface area contributed by atoms with Crippen molar-refractivity contribution in [2.45, 2.75) is 13.2 Å². The summed E-state index contributed by atoms with van der Waals surface area (Å²) in [5, 5.41) is 0.445. The number of hydrogen-bond acceptors (Lipinski definition) is 4. The molecular formula is C16H11ClF2O4. The van der Waals surface area contributed by atoms with Crippen LogP contribution in [-0.2, 0) is 22.7 Å². The van der Waals surface area contributed by atoms with Crippen molar-refractivity contribution in [3.8, 4) is 5.75 Å². The molecule has 0 saturated heterocycles. The van der Waals surface area contributed by atoms with Gasteiger partial charge in [0.1, 0.15) is 24.0 Å². The fraction of sp³-hybridized carbons (Fsp3) is 0.188. The maximum absolute atomic E-state index is 13.1. The van der Waals surface area contributed by atoms with E-state index >= 15 is 0 Å². The number of halogens is 3. The maximum Gasteiger partial charge on any atom is 0.338 e. The second kappa shape index (κ2) is 6.52. The Morgan fingerprint density at radius 2 is 1.91 bits per heavy atom. The molecule has 1 aliphatic heterocycles. The summed E-state index contributed by atoms with van der Waals surface area (Å²) in [6, 6.07) is 5.79. The van der Waals surface area contributed by atoms with Gasteiger partial charge in [-0.05, 0) is 24.3 Å². The Morgan fingerprint density at radius 1 is 1.17 bits per heavy atom. The molecule has 0 unspecified atom stereocenters. The van der Waals surface area contributed by atoms with E-state index in [9.17, 15) is 13.6 Å². The fourth-order valence-electron chi connectivity index (χ4n) is 2.26. The standard InChI is InChI=1S/C16H11ClF2O4/c17-12-1-10-6-21-8-23-15(10)11(2-12)7-22-16(20)9-3-13(18)5-14(19)4-9/h1-5H,6-8H2. The molecular weight excluding hydrogens is 330 g/mol. The SMILES string of the molecule is O=C(OCc1cc(Cl)cc2c1OCOC2)c1cc(F)cc(F)c1. The molecule has 0 bridgehead atoms. The average Bonchev–Trinajstić information content (AvgIpc) is 2.51. The summed E-state index contributed by atoms with van der Waals surface area (Å²) in [4.78, 5) is 11.9. The first-order chi connectivity index (χ1) is 11.0. The normalized spacial score (nSPS) is 13.2. The number of carbonyl (C=O) groups is 1. The maximum atomic E-state index is 13.1. The number of esters is 1. The summed E-state index contributed by atoms with van der Waals surface area (Å²) < 4.78 is 41.9. The van der Waals surface area contributed by atoms with Gasteiger partial charge in [0, 0.05) is 22.2 Å². The van der Waals surface area contributed by atoms with Gasteiger partial charge in [0.2, 0.25) is 0 Å². The zero-order valence-corrected chi connectivity index (χ0v) is 12.5. The van der Waals surface area contributed by atoms with E-state index in [1.807, 2.05) is 0 Å². The zero-order chi connectivity index (χ0) is 16.4. The summed E-state index contributed by atoms with van der Waals surface area (Å²) in [5.41, 5.74) is 1.09. The number of fused-ring (bicyclic) bond motifs is 1. The first-order valence-corrected chi connectivity index (χ1v) is 7.06. The first kappa shape index (κ1) is 15.7. The molecule has 0 saturated carbocycles. The van der Waals surface area contributed by atoms with Gasteiger partial charge in [-0.25, -0.2) is 13.6 Å². The van der Waals surface area contributed by atoms with E-state index in [2.05, 4.69) is 0 Å². The predicted molar refractivity (Wildman–Crippen MR) is 77.2 cm³/mol. The smallest absolute Gasteiger partial charge is 0.338 e. The summed E-state index contributed by atoms with van der Waals surface area (Å²) in [6.45, 7) is 0.288. The molecule has 0 aromatic heterocycles. The molecule has 0 aliphatic carbocycles. The molecule has 1 aliphatic rings. The van der Waals surface area contributed by atoms with Crippen molar-refractivity contribution < 1.29 is 27.8 Å². The van der Waals surface area contributed by atoms with Gasteiger partial charge in [-0.15, -0.1) is 0 Å². The van der Waals surface area contributed by atoms with E-state index in [1.54, 1.807) is 12.1 Å². The highest BCUT2D eigenvalue weighted by molar-refractivity contribution is 6.30. The molecule has 0 amide bonds. The van der Waals surface area contributed by atoms with Crippen molar-refractivity contribution in [1.82, 2.24) is 0 Å². The molecule has 23 heavy (non-hydrogen) atoms. The van der Waals surface area contributed by atoms with Crippen LogP contribution in [0.5, 0.6) is 5.75 Å². The van der Waals surface area contributed by atoms with Gasteiger partial charge in [-0.2, -0.15) is 0 Å². The van der Waals surface area contributed by atoms with Crippen LogP contribution in [0.25, 0.3) is 0 Å². The predicted octanol–water partition coefficient (Wildman–Crippen LogP) is 3.84. The highest BCUT2D eigenvalue weighted by Crippen LogP contribution is 2.32. The highest BCUT2D eigenvalue weighted by atomic mass is 35.5. The molecule has 0 fully saturated rings. The Hall–Kier alpha value is -2.18. The van der Waals surface area contributed by atoms with Gasteiger partial charge >= 0.3 is 5.97 Å². The molecule has 7 heteroatoms. The third-order valence-corrected chi connectivity index (χ3v) is 3.43. The topological polar surface area (TPSA) is 44.8 Å². The number of carbonyl (C=O) groups excluding carboxylic acids is 1. The Labute approximate surface area is 135 Å². The van der Waals surface area contributed by atoms with E-state index in [1.165, 1.54) is 0 Å². The third kappa shape index (κ3) is 3.60. The Balaban J connectivity index is 1.78. The van der Waals surface area contributed by atoms with E-state index in [4.69, 9.17) is 25.8 Å². The van der Waals surface area contributed by atoms with Gasteiger partial charge in [0.05, 0.1) is 12.2 Å². The number of ether oxygens (including phenoxy) is 3. The molecule has 1 heterocycles. The summed E-state index contributed by atoms with van der Waals surface area (Å²) in [6.07, 6.45) is 0. The van der Waals surface area contributed by atoms with Crippen molar-refractivity contribution in [2.75, 3.05) is 6.79 Å². The molecule has 3 rings (SSSR count). The van der Waals surface area contributed by atoms with Crippen LogP contribution in [0.3, 0.4) is 0 Å². The van der Waals surface area contributed by atoms with Crippen LogP contribution in [0.4, 0.5) is 8.78 Å². The van der Waals surface area contributed by atoms with Crippen LogP contribution in [-0.4, -0.2) is 12.8 Å². The monoisotopic (exact) mass is 340 g/mol. The van der Waals surface area contributed by atoms with Gasteiger partial charge in [-0.3, -0.25) is 0 Å². The Kier molecular flexibility index (Phi) is 4.45. The molecule has 2 aromatic rings. The molecule has 4 nitrogen and oxygen atoms in total. The second-order valence-electron chi connectivity index (χ2n) is 4.90. The zero-order valence-electron chi connectivity index (χ0n) is 11.8. The Bertz CT molecular complexity index is 744. The lowest BCUT2D eigenvalue weighted by atomic mass is 10.1. The lowest BCUT2D eigenvalue weighted by Crippen LogP contribution is -2.14. The fourth-order valence-corrected chi connectivity index (χ4v) is 2.53. The highest BCUT2D eigenvalue weighted by Gasteiger charge is 2.18. The average molecular weight is 341 g/mol. The molecule has 2 aromatic carbocycles. The van der Waals surface area contributed by atoms with E-state index in [0.29, 0.717) is 29.0 Å². The minimum atomic E-state index is -0.849. The van der Waals surface area contributed by atoms with Crippen LogP contribution in [0.1, 0.15) is 21.5 Å². The van der Waals surface area contributed by atoms with Crippen molar-refractivity contribution >= 4 is 17.6 Å². The number of hydrogen-bond donors (Lipinski definition) is 0. The lowest BCUT2D eigenvalue weighted by molar-refractivity contribution is -0.0180. The van der Waals surface area contributed by atoms with Crippen LogP contribution in [0.2, 0.25) is 5.02 Å². The quantitative estimate of drug-likeness (QED) is 0.796. The second-order valence-corrected chi connectivity index (χ2v) is 5.33. The largest absolute Gasteiger partial charge is 0.467 e. The number of rotatable bonds is 3. The molecule has 0 atom stereocenters. The van der Waals surface area contributed by atoms with E-state index < -0.39 is 17.6 Å². The Morgan fingerprint density at radius 3 is 2.65 bits per heavy atom. The first-order valence-electron chi connectivity index (χ1n) is 6.68. The van der Waals surface area contributed by atoms with Crippen molar-refractivity contribution in [1.29, 1.82) is 0 Å². The van der Waals surface area contributed by atoms with Gasteiger partial charge in [-0.1, -0.05) is 11.6 Å². The molecule has 0 N–H and O–H groups in total. The third-order valence-electron chi connectivity index (χ3n) is 3.21. The minimum absolute atomic E-state index is 0.0880. The van der Waals surface area contributed by atoms with Gasteiger partial charge in [0.25, 0.3) is 0 Å². The van der Waals surface area contributed by atoms with Crippen LogP contribution in [0.15, 0.2) is 30.3 Å². The van der Waals surface area contributed by atoms with Crippen molar-refractivity contribution in [2.24, 2.45) is 0 Å². The molecule has 120 valence electrons. The van der Waals surface area contributed by atoms with Gasteiger partial charge < -0.3 is 14.2 Å². The van der Waals surface area contributed by atoms with Crippen LogP contribution < -0.4 is 4.74 Å². The van der Waals surface area contributed by atoms with Crippen molar-refractivity contribution in [3.63, 3.8) is 0 Å². The summed E-state index contributed by atoms with van der Waals surface area (Å²) >= 11 is 6.00. The van der Waals surface area contributed by atoms with E-state index in [0.717, 1.165) is 17.7 Å². The molecule has 0 radical (unpaired) electrons. The lowest BCUT2D eigenvalue weighted by Gasteiger charge is -2.21. The van der Waals surface area contributed by atoms with Crippen LogP contribution >= 0.6 is 11.6 Å². The summed E-state index contributed by atoms with van der Waals surface area (Å²) in [5.74, 6) is -2.00. The van der Waals surface area contributed by atoms with Crippen molar-refractivity contribution in [3.05, 3.63) is 63.7 Å². The number of benzene rings is 2. The van der Waals surface area contributed by atoms with Crippen LogP contribution in [0, 0.1) is 11.6 Å².